The van der Waals surface area contributed by atoms with Crippen LogP contribution in [0.1, 0.15) is 20.9 Å². The largest absolute Gasteiger partial charge is 0.573 e. The number of nitrogens with one attached hydrogen (secondary N) is 1. The number of rotatable bonds is 4. The van der Waals surface area contributed by atoms with Crippen LogP contribution in [0, 0.1) is 13.8 Å². The van der Waals surface area contributed by atoms with Crippen LogP contribution in [0.25, 0.3) is 9.88 Å². The topological polar surface area (TPSA) is 51.2 Å². The first-order valence-electron chi connectivity index (χ1n) is 7.41. The van der Waals surface area contributed by atoms with E-state index in [4.69, 9.17) is 0 Å². The predicted molar refractivity (Wildman–Crippen MR) is 96.0 cm³/mol. The number of aromatic nitrogens is 1. The molecule has 0 spiro atoms. The number of nitrogens with zero attached hydrogens (tertiary/aromatic N) is 1. The maximum absolute atomic E-state index is 12.3. The molecule has 0 saturated heterocycles. The lowest BCUT2D eigenvalue weighted by Gasteiger charge is -2.09. The second kappa shape index (κ2) is 7.08. The maximum atomic E-state index is 12.3. The highest BCUT2D eigenvalue weighted by Gasteiger charge is 2.31. The van der Waals surface area contributed by atoms with E-state index in [2.05, 4.69) is 15.0 Å². The number of thiazole rings is 1. The minimum atomic E-state index is -4.76. The van der Waals surface area contributed by atoms with Gasteiger partial charge >= 0.3 is 6.36 Å². The summed E-state index contributed by atoms with van der Waals surface area (Å²) in [5.41, 5.74) is 1.82. The Kier molecular flexibility index (Phi) is 5.01. The molecule has 2 aromatic heterocycles. The molecule has 4 nitrogen and oxygen atoms in total. The van der Waals surface area contributed by atoms with E-state index in [1.807, 2.05) is 25.3 Å². The zero-order chi connectivity index (χ0) is 18.9. The molecule has 0 saturated carbocycles. The highest BCUT2D eigenvalue weighted by atomic mass is 32.1. The number of alkyl halides is 3. The number of carbonyl (C=O) groups is 1. The fraction of sp³-hybridized carbons (Fsp3) is 0.176. The van der Waals surface area contributed by atoms with E-state index in [-0.39, 0.29) is 11.3 Å². The smallest absolute Gasteiger partial charge is 0.406 e. The number of halogens is 3. The lowest BCUT2D eigenvalue weighted by molar-refractivity contribution is -0.274. The number of hydrogen-bond acceptors (Lipinski definition) is 5. The summed E-state index contributed by atoms with van der Waals surface area (Å²) in [6, 6.07) is 6.61. The van der Waals surface area contributed by atoms with Crippen LogP contribution in [0.5, 0.6) is 5.75 Å². The molecule has 0 aliphatic rings. The van der Waals surface area contributed by atoms with Crippen molar-refractivity contribution in [3.63, 3.8) is 0 Å². The van der Waals surface area contributed by atoms with E-state index in [1.54, 1.807) is 0 Å². The van der Waals surface area contributed by atoms with Crippen LogP contribution in [0.3, 0.4) is 0 Å². The number of amides is 1. The first-order chi connectivity index (χ1) is 12.2. The van der Waals surface area contributed by atoms with Crippen LogP contribution in [-0.2, 0) is 0 Å². The summed E-state index contributed by atoms with van der Waals surface area (Å²) < 4.78 is 40.3. The van der Waals surface area contributed by atoms with Gasteiger partial charge < -0.3 is 10.1 Å². The minimum Gasteiger partial charge on any atom is -0.406 e. The van der Waals surface area contributed by atoms with E-state index in [0.717, 1.165) is 32.6 Å². The maximum Gasteiger partial charge on any atom is 0.573 e. The summed E-state index contributed by atoms with van der Waals surface area (Å²) in [6.45, 7) is 3.79. The molecule has 3 aromatic rings. The van der Waals surface area contributed by atoms with Crippen LogP contribution >= 0.6 is 22.7 Å². The Morgan fingerprint density at radius 1 is 1.19 bits per heavy atom. The third kappa shape index (κ3) is 4.41. The molecule has 9 heteroatoms. The summed E-state index contributed by atoms with van der Waals surface area (Å²) in [7, 11) is 0. The van der Waals surface area contributed by atoms with E-state index in [0.29, 0.717) is 5.69 Å². The van der Waals surface area contributed by atoms with Gasteiger partial charge in [-0.1, -0.05) is 0 Å². The predicted octanol–water partition coefficient (Wildman–Crippen LogP) is 5.64. The Balaban J connectivity index is 1.73. The molecule has 0 radical (unpaired) electrons. The van der Waals surface area contributed by atoms with Crippen molar-refractivity contribution in [3.8, 4) is 15.6 Å². The number of hydrogen-bond donors (Lipinski definition) is 1. The zero-order valence-corrected chi connectivity index (χ0v) is 15.3. The first kappa shape index (κ1) is 18.4. The van der Waals surface area contributed by atoms with Crippen LogP contribution in [0.15, 0.2) is 35.7 Å². The molecular weight excluding hydrogens is 385 g/mol. The number of benzene rings is 1. The average Bonchev–Trinajstić information content (AvgIpc) is 3.13. The molecule has 136 valence electrons. The number of thiophene rings is 1. The van der Waals surface area contributed by atoms with Crippen molar-refractivity contribution in [1.29, 1.82) is 0 Å². The summed E-state index contributed by atoms with van der Waals surface area (Å²) >= 11 is 3.04. The van der Waals surface area contributed by atoms with Crippen molar-refractivity contribution in [1.82, 2.24) is 4.98 Å². The van der Waals surface area contributed by atoms with Crippen molar-refractivity contribution in [3.05, 3.63) is 51.8 Å². The van der Waals surface area contributed by atoms with Gasteiger partial charge in [-0.05, 0) is 44.2 Å². The number of anilines is 1. The molecule has 26 heavy (non-hydrogen) atoms. The SMILES string of the molecule is Cc1csc(-c2cc(NC(=O)c3ccc(OC(F)(F)F)cc3)c(C)s2)n1. The standard InChI is InChI=1S/C17H13F3N2O2S2/c1-9-8-25-16(21-9)14-7-13(10(2)26-14)22-15(23)11-3-5-12(6-4-11)24-17(18,19)20/h3-8H,1-2H3,(H,22,23). The van der Waals surface area contributed by atoms with Gasteiger partial charge in [0.2, 0.25) is 0 Å². The lowest BCUT2D eigenvalue weighted by atomic mass is 10.2. The molecular formula is C17H13F3N2O2S2. The van der Waals surface area contributed by atoms with E-state index >= 15 is 0 Å². The van der Waals surface area contributed by atoms with Crippen molar-refractivity contribution >= 4 is 34.3 Å². The van der Waals surface area contributed by atoms with Gasteiger partial charge in [0.1, 0.15) is 10.8 Å². The Bertz CT molecular complexity index is 930. The van der Waals surface area contributed by atoms with Crippen LogP contribution in [-0.4, -0.2) is 17.3 Å². The molecule has 0 aliphatic carbocycles. The summed E-state index contributed by atoms with van der Waals surface area (Å²) in [5.74, 6) is -0.784. The van der Waals surface area contributed by atoms with Crippen LogP contribution < -0.4 is 10.1 Å². The van der Waals surface area contributed by atoms with Gasteiger partial charge in [-0.25, -0.2) is 4.98 Å². The van der Waals surface area contributed by atoms with Gasteiger partial charge in [0.25, 0.3) is 5.91 Å². The quantitative estimate of drug-likeness (QED) is 0.619. The van der Waals surface area contributed by atoms with Gasteiger partial charge in [0, 0.05) is 21.5 Å². The average molecular weight is 398 g/mol. The molecule has 2 heterocycles. The third-order valence-electron chi connectivity index (χ3n) is 3.35. The third-order valence-corrected chi connectivity index (χ3v) is 5.53. The Hall–Kier alpha value is -2.39. The number of aryl methyl sites for hydroxylation is 2. The monoisotopic (exact) mass is 398 g/mol. The Morgan fingerprint density at radius 2 is 1.88 bits per heavy atom. The number of ether oxygens (including phenoxy) is 1. The first-order valence-corrected chi connectivity index (χ1v) is 9.11. The molecule has 1 aromatic carbocycles. The molecule has 1 amide bonds. The summed E-state index contributed by atoms with van der Waals surface area (Å²) in [5, 5.41) is 5.61. The van der Waals surface area contributed by atoms with Gasteiger partial charge in [0.05, 0.1) is 10.6 Å². The molecule has 0 aliphatic heterocycles. The van der Waals surface area contributed by atoms with Crippen LogP contribution in [0.4, 0.5) is 18.9 Å². The van der Waals surface area contributed by atoms with Crippen molar-refractivity contribution in [2.75, 3.05) is 5.32 Å². The van der Waals surface area contributed by atoms with Crippen molar-refractivity contribution in [2.45, 2.75) is 20.2 Å². The second-order valence-electron chi connectivity index (χ2n) is 5.40. The lowest BCUT2D eigenvalue weighted by Crippen LogP contribution is -2.17. The van der Waals surface area contributed by atoms with Crippen LogP contribution in [0.2, 0.25) is 0 Å². The van der Waals surface area contributed by atoms with Gasteiger partial charge in [-0.2, -0.15) is 0 Å². The minimum absolute atomic E-state index is 0.233. The summed E-state index contributed by atoms with van der Waals surface area (Å²) in [4.78, 5) is 18.6. The van der Waals surface area contributed by atoms with E-state index in [1.165, 1.54) is 34.8 Å². The van der Waals surface area contributed by atoms with Crippen molar-refractivity contribution < 1.29 is 22.7 Å². The number of carbonyl (C=O) groups excluding carboxylic acids is 1. The van der Waals surface area contributed by atoms with Gasteiger partial charge in [-0.15, -0.1) is 35.8 Å². The fourth-order valence-electron chi connectivity index (χ4n) is 2.18. The molecule has 3 rings (SSSR count). The highest BCUT2D eigenvalue weighted by molar-refractivity contribution is 7.21. The highest BCUT2D eigenvalue weighted by Crippen LogP contribution is 2.36. The molecule has 1 N–H and O–H groups in total. The van der Waals surface area contributed by atoms with Gasteiger partial charge in [0.15, 0.2) is 0 Å². The zero-order valence-electron chi connectivity index (χ0n) is 13.7. The Morgan fingerprint density at radius 3 is 2.46 bits per heavy atom. The molecule has 0 unspecified atom stereocenters. The fourth-order valence-corrected chi connectivity index (χ4v) is 4.02. The molecule has 0 bridgehead atoms. The van der Waals surface area contributed by atoms with E-state index < -0.39 is 12.3 Å². The molecule has 0 fully saturated rings. The summed E-state index contributed by atoms with van der Waals surface area (Å²) in [6.07, 6.45) is -4.76. The molecule has 0 atom stereocenters. The Labute approximate surface area is 155 Å². The van der Waals surface area contributed by atoms with Gasteiger partial charge in [-0.3, -0.25) is 4.79 Å². The van der Waals surface area contributed by atoms with E-state index in [9.17, 15) is 18.0 Å². The second-order valence-corrected chi connectivity index (χ2v) is 7.52. The van der Waals surface area contributed by atoms with Crippen molar-refractivity contribution in [2.24, 2.45) is 0 Å². The normalized spacial score (nSPS) is 11.4.